The molecule has 0 spiro atoms. The summed E-state index contributed by atoms with van der Waals surface area (Å²) in [5.41, 5.74) is 0.821. The van der Waals surface area contributed by atoms with E-state index in [0.29, 0.717) is 23.5 Å². The first-order valence-corrected chi connectivity index (χ1v) is 4.53. The van der Waals surface area contributed by atoms with Crippen molar-refractivity contribution >= 4 is 23.2 Å². The second-order valence-electron chi connectivity index (χ2n) is 2.17. The SMILES string of the molecule is CCOc1ccc(CCl)c(Cl)n1. The summed E-state index contributed by atoms with van der Waals surface area (Å²) in [5.74, 6) is 0.912. The summed E-state index contributed by atoms with van der Waals surface area (Å²) in [7, 11) is 0. The van der Waals surface area contributed by atoms with E-state index in [1.807, 2.05) is 13.0 Å². The lowest BCUT2D eigenvalue weighted by molar-refractivity contribution is 0.327. The van der Waals surface area contributed by atoms with Crippen molar-refractivity contribution in [3.05, 3.63) is 22.8 Å². The van der Waals surface area contributed by atoms with E-state index in [1.165, 1.54) is 0 Å². The molecule has 1 aromatic heterocycles. The molecule has 0 atom stereocenters. The van der Waals surface area contributed by atoms with Gasteiger partial charge in [-0.2, -0.15) is 0 Å². The molecule has 66 valence electrons. The molecule has 0 N–H and O–H groups in total. The molecule has 0 saturated heterocycles. The minimum absolute atomic E-state index is 0.373. The van der Waals surface area contributed by atoms with Crippen molar-refractivity contribution in [3.8, 4) is 5.88 Å². The van der Waals surface area contributed by atoms with Crippen LogP contribution in [-0.4, -0.2) is 11.6 Å². The Balaban J connectivity index is 2.86. The van der Waals surface area contributed by atoms with Crippen molar-refractivity contribution in [2.45, 2.75) is 12.8 Å². The van der Waals surface area contributed by atoms with Crippen molar-refractivity contribution < 1.29 is 4.74 Å². The van der Waals surface area contributed by atoms with E-state index in [2.05, 4.69) is 4.98 Å². The smallest absolute Gasteiger partial charge is 0.214 e. The van der Waals surface area contributed by atoms with Gasteiger partial charge in [0.05, 0.1) is 12.5 Å². The van der Waals surface area contributed by atoms with E-state index in [1.54, 1.807) is 6.07 Å². The number of alkyl halides is 1. The Bertz CT molecular complexity index is 265. The molecule has 12 heavy (non-hydrogen) atoms. The molecule has 1 rings (SSSR count). The fraction of sp³-hybridized carbons (Fsp3) is 0.375. The number of hydrogen-bond acceptors (Lipinski definition) is 2. The highest BCUT2D eigenvalue weighted by Crippen LogP contribution is 2.19. The van der Waals surface area contributed by atoms with E-state index >= 15 is 0 Å². The predicted molar refractivity (Wildman–Crippen MR) is 50.0 cm³/mol. The predicted octanol–water partition coefficient (Wildman–Crippen LogP) is 2.87. The van der Waals surface area contributed by atoms with Crippen molar-refractivity contribution in [1.29, 1.82) is 0 Å². The van der Waals surface area contributed by atoms with Crippen LogP contribution >= 0.6 is 23.2 Å². The van der Waals surface area contributed by atoms with Gasteiger partial charge in [-0.3, -0.25) is 0 Å². The van der Waals surface area contributed by atoms with Crippen LogP contribution in [0.15, 0.2) is 12.1 Å². The van der Waals surface area contributed by atoms with Gasteiger partial charge in [0.1, 0.15) is 5.15 Å². The number of pyridine rings is 1. The molecule has 4 heteroatoms. The third-order valence-electron chi connectivity index (χ3n) is 1.34. The lowest BCUT2D eigenvalue weighted by Crippen LogP contribution is -1.95. The molecule has 0 amide bonds. The van der Waals surface area contributed by atoms with Gasteiger partial charge in [-0.05, 0) is 13.0 Å². The topological polar surface area (TPSA) is 22.1 Å². The van der Waals surface area contributed by atoms with Crippen LogP contribution in [0.4, 0.5) is 0 Å². The maximum atomic E-state index is 5.79. The zero-order chi connectivity index (χ0) is 8.97. The van der Waals surface area contributed by atoms with Gasteiger partial charge in [0.15, 0.2) is 0 Å². The Hall–Kier alpha value is -0.470. The summed E-state index contributed by atoms with van der Waals surface area (Å²) >= 11 is 11.4. The molecule has 2 nitrogen and oxygen atoms in total. The normalized spacial score (nSPS) is 9.92. The molecule has 0 aliphatic carbocycles. The Morgan fingerprint density at radius 2 is 2.25 bits per heavy atom. The van der Waals surface area contributed by atoms with Crippen LogP contribution in [-0.2, 0) is 5.88 Å². The van der Waals surface area contributed by atoms with Crippen LogP contribution in [0.5, 0.6) is 5.88 Å². The summed E-state index contributed by atoms with van der Waals surface area (Å²) in [6, 6.07) is 3.57. The minimum atomic E-state index is 0.373. The highest BCUT2D eigenvalue weighted by molar-refractivity contribution is 6.31. The van der Waals surface area contributed by atoms with E-state index < -0.39 is 0 Å². The van der Waals surface area contributed by atoms with E-state index in [4.69, 9.17) is 27.9 Å². The van der Waals surface area contributed by atoms with Crippen molar-refractivity contribution in [2.24, 2.45) is 0 Å². The summed E-state index contributed by atoms with van der Waals surface area (Å²) in [6.45, 7) is 2.48. The molecule has 0 bridgehead atoms. The molecule has 0 aliphatic heterocycles. The van der Waals surface area contributed by atoms with Gasteiger partial charge in [0, 0.05) is 11.6 Å². The largest absolute Gasteiger partial charge is 0.478 e. The van der Waals surface area contributed by atoms with Gasteiger partial charge < -0.3 is 4.74 Å². The first-order chi connectivity index (χ1) is 5.77. The third-order valence-corrected chi connectivity index (χ3v) is 1.95. The lowest BCUT2D eigenvalue weighted by Gasteiger charge is -2.03. The Kier molecular flexibility index (Phi) is 3.63. The fourth-order valence-electron chi connectivity index (χ4n) is 0.774. The zero-order valence-corrected chi connectivity index (χ0v) is 8.19. The average molecular weight is 206 g/mol. The van der Waals surface area contributed by atoms with Gasteiger partial charge >= 0.3 is 0 Å². The average Bonchev–Trinajstić information content (AvgIpc) is 2.05. The molecule has 0 radical (unpaired) electrons. The summed E-state index contributed by atoms with van der Waals surface area (Å²) in [4.78, 5) is 3.99. The van der Waals surface area contributed by atoms with Gasteiger partial charge in [-0.25, -0.2) is 4.98 Å². The number of rotatable bonds is 3. The summed E-state index contributed by atoms with van der Waals surface area (Å²) in [6.07, 6.45) is 0. The summed E-state index contributed by atoms with van der Waals surface area (Å²) < 4.78 is 5.15. The number of halogens is 2. The number of ether oxygens (including phenoxy) is 1. The molecule has 0 aromatic carbocycles. The molecule has 0 saturated carbocycles. The summed E-state index contributed by atoms with van der Waals surface area (Å²) in [5, 5.41) is 0.413. The van der Waals surface area contributed by atoms with Gasteiger partial charge in [-0.1, -0.05) is 11.6 Å². The van der Waals surface area contributed by atoms with Crippen molar-refractivity contribution in [2.75, 3.05) is 6.61 Å². The van der Waals surface area contributed by atoms with Gasteiger partial charge in [0.25, 0.3) is 0 Å². The van der Waals surface area contributed by atoms with E-state index in [9.17, 15) is 0 Å². The quantitative estimate of drug-likeness (QED) is 0.560. The maximum absolute atomic E-state index is 5.79. The second kappa shape index (κ2) is 4.53. The van der Waals surface area contributed by atoms with Crippen molar-refractivity contribution in [3.63, 3.8) is 0 Å². The van der Waals surface area contributed by atoms with Crippen LogP contribution in [0.1, 0.15) is 12.5 Å². The van der Waals surface area contributed by atoms with Gasteiger partial charge in [-0.15, -0.1) is 11.6 Å². The Morgan fingerprint density at radius 3 is 2.75 bits per heavy atom. The number of nitrogens with zero attached hydrogens (tertiary/aromatic N) is 1. The molecule has 0 unspecified atom stereocenters. The van der Waals surface area contributed by atoms with Crippen LogP contribution in [0.25, 0.3) is 0 Å². The molecular formula is C8H9Cl2NO. The molecular weight excluding hydrogens is 197 g/mol. The Morgan fingerprint density at radius 1 is 1.50 bits per heavy atom. The third kappa shape index (κ3) is 2.26. The van der Waals surface area contributed by atoms with Crippen LogP contribution < -0.4 is 4.74 Å². The first kappa shape index (κ1) is 9.62. The first-order valence-electron chi connectivity index (χ1n) is 3.62. The molecule has 0 aliphatic rings. The van der Waals surface area contributed by atoms with Crippen LogP contribution in [0, 0.1) is 0 Å². The van der Waals surface area contributed by atoms with Crippen LogP contribution in [0.2, 0.25) is 5.15 Å². The standard InChI is InChI=1S/C8H9Cl2NO/c1-2-12-7-4-3-6(5-9)8(10)11-7/h3-4H,2,5H2,1H3. The van der Waals surface area contributed by atoms with E-state index in [-0.39, 0.29) is 0 Å². The fourth-order valence-corrected chi connectivity index (χ4v) is 1.27. The van der Waals surface area contributed by atoms with Gasteiger partial charge in [0.2, 0.25) is 5.88 Å². The lowest BCUT2D eigenvalue weighted by atomic mass is 10.3. The van der Waals surface area contributed by atoms with Crippen LogP contribution in [0.3, 0.4) is 0 Å². The monoisotopic (exact) mass is 205 g/mol. The zero-order valence-electron chi connectivity index (χ0n) is 6.68. The molecule has 1 aromatic rings. The highest BCUT2D eigenvalue weighted by Gasteiger charge is 2.01. The Labute approximate surface area is 81.5 Å². The van der Waals surface area contributed by atoms with Crippen molar-refractivity contribution in [1.82, 2.24) is 4.98 Å². The number of hydrogen-bond donors (Lipinski definition) is 0. The second-order valence-corrected chi connectivity index (χ2v) is 2.79. The maximum Gasteiger partial charge on any atom is 0.214 e. The molecule has 1 heterocycles. The number of aromatic nitrogens is 1. The van der Waals surface area contributed by atoms with E-state index in [0.717, 1.165) is 5.56 Å². The highest BCUT2D eigenvalue weighted by atomic mass is 35.5. The molecule has 0 fully saturated rings. The minimum Gasteiger partial charge on any atom is -0.478 e.